The molecule has 1 aromatic carbocycles. The summed E-state index contributed by atoms with van der Waals surface area (Å²) in [6.07, 6.45) is 1.53. The first-order valence-corrected chi connectivity index (χ1v) is 5.40. The number of aromatic amines is 1. The van der Waals surface area contributed by atoms with Crippen LogP contribution in [0.5, 0.6) is 5.75 Å². The highest BCUT2D eigenvalue weighted by Crippen LogP contribution is 2.37. The number of H-pyrrole nitrogens is 1. The molecule has 6 heteroatoms. The predicted molar refractivity (Wildman–Crippen MR) is 65.3 cm³/mol. The molecule has 4 nitrogen and oxygen atoms in total. The molecule has 1 heterocycles. The summed E-state index contributed by atoms with van der Waals surface area (Å²) in [5, 5.41) is 9.60. The molecule has 0 radical (unpaired) electrons. The Balaban J connectivity index is 2.62. The maximum absolute atomic E-state index is 8.71. The molecule has 1 aromatic heterocycles. The molecule has 2 rings (SSSR count). The number of aromatic nitrogens is 2. The topological polar surface area (TPSA) is 61.7 Å². The van der Waals surface area contributed by atoms with Gasteiger partial charge in [0.1, 0.15) is 11.8 Å². The van der Waals surface area contributed by atoms with Crippen LogP contribution in [-0.4, -0.2) is 17.1 Å². The number of ether oxygens (including phenoxy) is 1. The van der Waals surface area contributed by atoms with E-state index < -0.39 is 0 Å². The van der Waals surface area contributed by atoms with Crippen molar-refractivity contribution in [2.75, 3.05) is 7.11 Å². The molecule has 0 saturated heterocycles. The normalized spacial score (nSPS) is 10.0. The van der Waals surface area contributed by atoms with Crippen LogP contribution in [0.3, 0.4) is 0 Å². The van der Waals surface area contributed by atoms with Gasteiger partial charge in [-0.1, -0.05) is 23.2 Å². The van der Waals surface area contributed by atoms with E-state index in [1.807, 2.05) is 6.07 Å². The number of methoxy groups -OCH3 is 1. The molecule has 86 valence electrons. The van der Waals surface area contributed by atoms with Gasteiger partial charge in [0.15, 0.2) is 0 Å². The lowest BCUT2D eigenvalue weighted by atomic mass is 10.1. The maximum atomic E-state index is 8.71. The van der Waals surface area contributed by atoms with Crippen molar-refractivity contribution in [1.29, 1.82) is 5.26 Å². The van der Waals surface area contributed by atoms with Gasteiger partial charge in [0.25, 0.3) is 0 Å². The highest BCUT2D eigenvalue weighted by Gasteiger charge is 2.13. The van der Waals surface area contributed by atoms with Gasteiger partial charge in [0, 0.05) is 10.6 Å². The first-order valence-electron chi connectivity index (χ1n) is 4.64. The Bertz CT molecular complexity index is 601. The number of imidazole rings is 1. The summed E-state index contributed by atoms with van der Waals surface area (Å²) in [5.74, 6) is 0.711. The van der Waals surface area contributed by atoms with Crippen LogP contribution in [0.15, 0.2) is 18.3 Å². The second kappa shape index (κ2) is 4.66. The van der Waals surface area contributed by atoms with E-state index in [4.69, 9.17) is 33.2 Å². The van der Waals surface area contributed by atoms with Gasteiger partial charge < -0.3 is 9.72 Å². The van der Waals surface area contributed by atoms with Gasteiger partial charge in [-0.25, -0.2) is 4.98 Å². The van der Waals surface area contributed by atoms with Gasteiger partial charge in [0.05, 0.1) is 24.0 Å². The second-order valence-electron chi connectivity index (χ2n) is 3.23. The number of hydrogen-bond donors (Lipinski definition) is 1. The third kappa shape index (κ3) is 2.21. The van der Waals surface area contributed by atoms with Crippen LogP contribution >= 0.6 is 23.2 Å². The molecule has 0 fully saturated rings. The van der Waals surface area contributed by atoms with E-state index >= 15 is 0 Å². The summed E-state index contributed by atoms with van der Waals surface area (Å²) >= 11 is 11.9. The highest BCUT2D eigenvalue weighted by molar-refractivity contribution is 6.36. The van der Waals surface area contributed by atoms with Crippen LogP contribution in [0, 0.1) is 11.3 Å². The van der Waals surface area contributed by atoms with Crippen molar-refractivity contribution in [3.05, 3.63) is 34.2 Å². The lowest BCUT2D eigenvalue weighted by Gasteiger charge is -2.09. The molecule has 0 bridgehead atoms. The first-order chi connectivity index (χ1) is 8.15. The Morgan fingerprint density at radius 3 is 2.76 bits per heavy atom. The molecule has 0 amide bonds. The lowest BCUT2D eigenvalue weighted by molar-refractivity contribution is 0.416. The largest absolute Gasteiger partial charge is 0.494 e. The third-order valence-corrected chi connectivity index (χ3v) is 2.68. The van der Waals surface area contributed by atoms with Crippen molar-refractivity contribution >= 4 is 23.2 Å². The number of halogens is 2. The van der Waals surface area contributed by atoms with Crippen LogP contribution in [-0.2, 0) is 0 Å². The average molecular weight is 268 g/mol. The molecule has 0 aliphatic rings. The molecule has 0 spiro atoms. The lowest BCUT2D eigenvalue weighted by Crippen LogP contribution is -1.90. The summed E-state index contributed by atoms with van der Waals surface area (Å²) in [5.41, 5.74) is 1.29. The number of hydrogen-bond acceptors (Lipinski definition) is 3. The fourth-order valence-electron chi connectivity index (χ4n) is 1.48. The Kier molecular flexibility index (Phi) is 3.23. The summed E-state index contributed by atoms with van der Waals surface area (Å²) in [6, 6.07) is 5.20. The minimum absolute atomic E-state index is 0.221. The fraction of sp³-hybridized carbons (Fsp3) is 0.0909. The first kappa shape index (κ1) is 11.8. The molecule has 0 unspecified atom stereocenters. The zero-order chi connectivity index (χ0) is 12.4. The standard InChI is InChI=1S/C11H7Cl2N3O/c1-17-11-7(2-6(12)3-8(11)13)9-5-15-10(4-14)16-9/h2-3,5H,1H3,(H,15,16). The van der Waals surface area contributed by atoms with E-state index in [0.717, 1.165) is 0 Å². The molecular formula is C11H7Cl2N3O. The second-order valence-corrected chi connectivity index (χ2v) is 4.07. The molecule has 1 N–H and O–H groups in total. The van der Waals surface area contributed by atoms with Crippen molar-refractivity contribution in [1.82, 2.24) is 9.97 Å². The summed E-state index contributed by atoms with van der Waals surface area (Å²) < 4.78 is 5.21. The number of nitriles is 1. The van der Waals surface area contributed by atoms with Gasteiger partial charge >= 0.3 is 0 Å². The predicted octanol–water partition coefficient (Wildman–Crippen LogP) is 3.26. The van der Waals surface area contributed by atoms with Gasteiger partial charge in [0.2, 0.25) is 5.82 Å². The van der Waals surface area contributed by atoms with Crippen molar-refractivity contribution in [3.8, 4) is 23.1 Å². The number of nitrogens with one attached hydrogen (secondary N) is 1. The summed E-state index contributed by atoms with van der Waals surface area (Å²) in [6.45, 7) is 0. The Hall–Kier alpha value is -1.70. The minimum Gasteiger partial charge on any atom is -0.494 e. The Labute approximate surface area is 108 Å². The summed E-state index contributed by atoms with van der Waals surface area (Å²) in [7, 11) is 1.51. The van der Waals surface area contributed by atoms with Gasteiger partial charge in [-0.05, 0) is 12.1 Å². The third-order valence-electron chi connectivity index (χ3n) is 2.18. The van der Waals surface area contributed by atoms with Crippen LogP contribution in [0.2, 0.25) is 10.0 Å². The number of benzene rings is 1. The molecular weight excluding hydrogens is 261 g/mol. The Morgan fingerprint density at radius 1 is 1.41 bits per heavy atom. The number of rotatable bonds is 2. The van der Waals surface area contributed by atoms with Crippen LogP contribution in [0.4, 0.5) is 0 Å². The van der Waals surface area contributed by atoms with E-state index in [9.17, 15) is 0 Å². The van der Waals surface area contributed by atoms with Gasteiger partial charge in [-0.15, -0.1) is 0 Å². The van der Waals surface area contributed by atoms with E-state index in [1.165, 1.54) is 13.3 Å². The van der Waals surface area contributed by atoms with Crippen LogP contribution in [0.25, 0.3) is 11.3 Å². The molecule has 17 heavy (non-hydrogen) atoms. The monoisotopic (exact) mass is 267 g/mol. The zero-order valence-electron chi connectivity index (χ0n) is 8.79. The van der Waals surface area contributed by atoms with Crippen LogP contribution in [0.1, 0.15) is 5.82 Å². The van der Waals surface area contributed by atoms with Crippen molar-refractivity contribution in [2.24, 2.45) is 0 Å². The highest BCUT2D eigenvalue weighted by atomic mass is 35.5. The maximum Gasteiger partial charge on any atom is 0.210 e. The number of nitrogens with zero attached hydrogens (tertiary/aromatic N) is 2. The van der Waals surface area contributed by atoms with E-state index in [0.29, 0.717) is 27.1 Å². The fourth-order valence-corrected chi connectivity index (χ4v) is 2.05. The summed E-state index contributed by atoms with van der Waals surface area (Å²) in [4.78, 5) is 6.73. The molecule has 0 atom stereocenters. The SMILES string of the molecule is COc1c(Cl)cc(Cl)cc1-c1cnc(C#N)[nH]1. The molecule has 0 aliphatic heterocycles. The Morgan fingerprint density at radius 2 is 2.18 bits per heavy atom. The minimum atomic E-state index is 0.221. The van der Waals surface area contributed by atoms with Crippen molar-refractivity contribution < 1.29 is 4.74 Å². The van der Waals surface area contributed by atoms with Gasteiger partial charge in [-0.3, -0.25) is 0 Å². The molecule has 2 aromatic rings. The van der Waals surface area contributed by atoms with Crippen LogP contribution < -0.4 is 4.74 Å². The van der Waals surface area contributed by atoms with E-state index in [1.54, 1.807) is 12.1 Å². The average Bonchev–Trinajstić information content (AvgIpc) is 2.76. The quantitative estimate of drug-likeness (QED) is 0.909. The smallest absolute Gasteiger partial charge is 0.210 e. The molecule has 0 saturated carbocycles. The van der Waals surface area contributed by atoms with Gasteiger partial charge in [-0.2, -0.15) is 5.26 Å². The zero-order valence-corrected chi connectivity index (χ0v) is 10.3. The molecule has 0 aliphatic carbocycles. The van der Waals surface area contributed by atoms with Crippen molar-refractivity contribution in [3.63, 3.8) is 0 Å². The van der Waals surface area contributed by atoms with E-state index in [2.05, 4.69) is 9.97 Å². The van der Waals surface area contributed by atoms with E-state index in [-0.39, 0.29) is 5.82 Å². The van der Waals surface area contributed by atoms with Crippen molar-refractivity contribution in [2.45, 2.75) is 0 Å².